The molecule has 13 heavy (non-hydrogen) atoms. The Hall–Kier alpha value is -1.83. The monoisotopic (exact) mass is 182 g/mol. The van der Waals surface area contributed by atoms with Gasteiger partial charge in [0, 0.05) is 11.8 Å². The lowest BCUT2D eigenvalue weighted by Gasteiger charge is -1.99. The highest BCUT2D eigenvalue weighted by Crippen LogP contribution is 2.17. The maximum Gasteiger partial charge on any atom is 0.280 e. The van der Waals surface area contributed by atoms with Crippen molar-refractivity contribution >= 4 is 6.29 Å². The van der Waals surface area contributed by atoms with E-state index in [1.54, 1.807) is 6.07 Å². The Labute approximate surface area is 72.6 Å². The molecular formula is C8H4F2N2O. The van der Waals surface area contributed by atoms with Crippen LogP contribution in [-0.4, -0.2) is 11.3 Å². The number of aldehydes is 1. The minimum absolute atomic E-state index is 0.000556. The summed E-state index contributed by atoms with van der Waals surface area (Å²) in [6, 6.07) is 2.59. The zero-order valence-electron chi connectivity index (χ0n) is 6.37. The quantitative estimate of drug-likeness (QED) is 0.654. The highest BCUT2D eigenvalue weighted by molar-refractivity contribution is 5.78. The molecule has 0 aromatic carbocycles. The van der Waals surface area contributed by atoms with Gasteiger partial charge in [-0.3, -0.25) is 9.78 Å². The van der Waals surface area contributed by atoms with Crippen LogP contribution in [0.15, 0.2) is 12.3 Å². The second-order valence-corrected chi connectivity index (χ2v) is 2.23. The van der Waals surface area contributed by atoms with E-state index in [9.17, 15) is 13.6 Å². The molecule has 0 aliphatic heterocycles. The van der Waals surface area contributed by atoms with Crippen molar-refractivity contribution in [2.45, 2.75) is 6.43 Å². The van der Waals surface area contributed by atoms with Crippen molar-refractivity contribution in [2.75, 3.05) is 0 Å². The van der Waals surface area contributed by atoms with Gasteiger partial charge in [-0.25, -0.2) is 8.78 Å². The molecule has 0 aliphatic rings. The van der Waals surface area contributed by atoms with Crippen LogP contribution in [0.1, 0.15) is 28.0 Å². The average Bonchev–Trinajstić information content (AvgIpc) is 2.16. The SMILES string of the molecule is N#Cc1cnc(C(F)F)cc1C=O. The van der Waals surface area contributed by atoms with Crippen LogP contribution in [0.2, 0.25) is 0 Å². The lowest BCUT2D eigenvalue weighted by molar-refractivity contribution is 0.112. The van der Waals surface area contributed by atoms with Crippen molar-refractivity contribution in [1.82, 2.24) is 4.98 Å². The number of carbonyl (C=O) groups is 1. The summed E-state index contributed by atoms with van der Waals surface area (Å²) in [5.74, 6) is 0. The summed E-state index contributed by atoms with van der Waals surface area (Å²) in [4.78, 5) is 13.7. The molecule has 1 heterocycles. The molecule has 0 amide bonds. The van der Waals surface area contributed by atoms with Gasteiger partial charge < -0.3 is 0 Å². The average molecular weight is 182 g/mol. The van der Waals surface area contributed by atoms with Crippen molar-refractivity contribution in [2.24, 2.45) is 0 Å². The van der Waals surface area contributed by atoms with Crippen LogP contribution in [0.25, 0.3) is 0 Å². The molecular weight excluding hydrogens is 178 g/mol. The maximum atomic E-state index is 12.1. The fraction of sp³-hybridized carbons (Fsp3) is 0.125. The summed E-state index contributed by atoms with van der Waals surface area (Å²) >= 11 is 0. The smallest absolute Gasteiger partial charge is 0.280 e. The van der Waals surface area contributed by atoms with E-state index in [1.807, 2.05) is 0 Å². The second kappa shape index (κ2) is 3.72. The van der Waals surface area contributed by atoms with E-state index in [-0.39, 0.29) is 11.1 Å². The van der Waals surface area contributed by atoms with Gasteiger partial charge in [0.1, 0.15) is 11.8 Å². The summed E-state index contributed by atoms with van der Waals surface area (Å²) in [7, 11) is 0. The Morgan fingerprint density at radius 2 is 2.31 bits per heavy atom. The van der Waals surface area contributed by atoms with Gasteiger partial charge >= 0.3 is 0 Å². The van der Waals surface area contributed by atoms with Crippen LogP contribution in [-0.2, 0) is 0 Å². The first-order valence-corrected chi connectivity index (χ1v) is 3.32. The summed E-state index contributed by atoms with van der Waals surface area (Å²) in [5.41, 5.74) is -0.562. The molecule has 3 nitrogen and oxygen atoms in total. The number of hydrogen-bond donors (Lipinski definition) is 0. The van der Waals surface area contributed by atoms with Crippen molar-refractivity contribution < 1.29 is 13.6 Å². The number of nitriles is 1. The van der Waals surface area contributed by atoms with E-state index in [0.29, 0.717) is 6.29 Å². The Kier molecular flexibility index (Phi) is 2.65. The van der Waals surface area contributed by atoms with E-state index in [4.69, 9.17) is 5.26 Å². The molecule has 1 rings (SSSR count). The van der Waals surface area contributed by atoms with Crippen LogP contribution in [0, 0.1) is 11.3 Å². The number of rotatable bonds is 2. The van der Waals surface area contributed by atoms with E-state index in [0.717, 1.165) is 12.3 Å². The molecule has 0 fully saturated rings. The molecule has 66 valence electrons. The molecule has 0 radical (unpaired) electrons. The van der Waals surface area contributed by atoms with Crippen LogP contribution >= 0.6 is 0 Å². The summed E-state index contributed by atoms with van der Waals surface area (Å²) in [6.07, 6.45) is -1.41. The molecule has 1 aromatic heterocycles. The predicted octanol–water partition coefficient (Wildman–Crippen LogP) is 1.70. The number of carbonyl (C=O) groups excluding carboxylic acids is 1. The fourth-order valence-electron chi connectivity index (χ4n) is 0.798. The second-order valence-electron chi connectivity index (χ2n) is 2.23. The van der Waals surface area contributed by atoms with Gasteiger partial charge in [0.2, 0.25) is 0 Å². The molecule has 5 heteroatoms. The first-order chi connectivity index (χ1) is 6.19. The minimum atomic E-state index is -2.73. The number of nitrogens with zero attached hydrogens (tertiary/aromatic N) is 2. The third-order valence-electron chi connectivity index (χ3n) is 1.43. The van der Waals surface area contributed by atoms with E-state index < -0.39 is 12.1 Å². The highest BCUT2D eigenvalue weighted by atomic mass is 19.3. The summed E-state index contributed by atoms with van der Waals surface area (Å²) < 4.78 is 24.1. The molecule has 0 atom stereocenters. The summed E-state index contributed by atoms with van der Waals surface area (Å²) in [5, 5.41) is 8.44. The van der Waals surface area contributed by atoms with Crippen molar-refractivity contribution in [3.8, 4) is 6.07 Å². The minimum Gasteiger partial charge on any atom is -0.298 e. The predicted molar refractivity (Wildman–Crippen MR) is 39.3 cm³/mol. The van der Waals surface area contributed by atoms with Gasteiger partial charge in [-0.15, -0.1) is 0 Å². The Morgan fingerprint density at radius 1 is 1.62 bits per heavy atom. The normalized spacial score (nSPS) is 9.69. The van der Waals surface area contributed by atoms with Gasteiger partial charge in [0.25, 0.3) is 6.43 Å². The first kappa shape index (κ1) is 9.26. The van der Waals surface area contributed by atoms with Gasteiger partial charge in [0.05, 0.1) is 5.56 Å². The van der Waals surface area contributed by atoms with Gasteiger partial charge in [-0.05, 0) is 6.07 Å². The lowest BCUT2D eigenvalue weighted by atomic mass is 10.1. The number of hydrogen-bond acceptors (Lipinski definition) is 3. The number of aromatic nitrogens is 1. The Bertz CT molecular complexity index is 371. The molecule has 0 N–H and O–H groups in total. The van der Waals surface area contributed by atoms with Crippen LogP contribution in [0.5, 0.6) is 0 Å². The Morgan fingerprint density at radius 3 is 2.77 bits per heavy atom. The lowest BCUT2D eigenvalue weighted by Crippen LogP contribution is -1.95. The zero-order valence-corrected chi connectivity index (χ0v) is 6.37. The van der Waals surface area contributed by atoms with Gasteiger partial charge in [-0.2, -0.15) is 5.26 Å². The van der Waals surface area contributed by atoms with Crippen LogP contribution in [0.3, 0.4) is 0 Å². The van der Waals surface area contributed by atoms with Crippen molar-refractivity contribution in [1.29, 1.82) is 5.26 Å². The largest absolute Gasteiger partial charge is 0.298 e. The molecule has 0 bridgehead atoms. The molecule has 0 saturated carbocycles. The Balaban J connectivity index is 3.22. The van der Waals surface area contributed by atoms with Gasteiger partial charge in [-0.1, -0.05) is 0 Å². The maximum absolute atomic E-state index is 12.1. The van der Waals surface area contributed by atoms with Gasteiger partial charge in [0.15, 0.2) is 6.29 Å². The van der Waals surface area contributed by atoms with Crippen LogP contribution < -0.4 is 0 Å². The van der Waals surface area contributed by atoms with E-state index >= 15 is 0 Å². The third-order valence-corrected chi connectivity index (χ3v) is 1.43. The topological polar surface area (TPSA) is 53.8 Å². The van der Waals surface area contributed by atoms with E-state index in [1.165, 1.54) is 0 Å². The summed E-state index contributed by atoms with van der Waals surface area (Å²) in [6.45, 7) is 0. The van der Waals surface area contributed by atoms with Crippen molar-refractivity contribution in [3.63, 3.8) is 0 Å². The zero-order chi connectivity index (χ0) is 9.84. The third kappa shape index (κ3) is 1.85. The molecule has 1 aromatic rings. The number of halogens is 2. The molecule has 0 spiro atoms. The fourth-order valence-corrected chi connectivity index (χ4v) is 0.798. The molecule has 0 unspecified atom stereocenters. The van der Waals surface area contributed by atoms with Crippen LogP contribution in [0.4, 0.5) is 8.78 Å². The first-order valence-electron chi connectivity index (χ1n) is 3.32. The molecule has 0 aliphatic carbocycles. The van der Waals surface area contributed by atoms with Crippen molar-refractivity contribution in [3.05, 3.63) is 29.1 Å². The van der Waals surface area contributed by atoms with E-state index in [2.05, 4.69) is 4.98 Å². The standard InChI is InChI=1S/C8H4F2N2O/c9-8(10)7-1-5(4-13)6(2-11)3-12-7/h1,3-4,8H. The molecule has 0 saturated heterocycles. The number of alkyl halides is 2. The number of pyridine rings is 1. The highest BCUT2D eigenvalue weighted by Gasteiger charge is 2.11.